The second-order valence-corrected chi connectivity index (χ2v) is 4.45. The van der Waals surface area contributed by atoms with Crippen molar-refractivity contribution in [3.8, 4) is 0 Å². The van der Waals surface area contributed by atoms with Crippen LogP contribution in [0.2, 0.25) is 0 Å². The largest absolute Gasteiger partial charge is 0.383 e. The molecule has 1 aliphatic heterocycles. The lowest BCUT2D eigenvalue weighted by molar-refractivity contribution is -0.120. The zero-order valence-corrected chi connectivity index (χ0v) is 8.86. The SMILES string of the molecule is COCCNC(=O)C1CCCCS1. The van der Waals surface area contributed by atoms with E-state index in [2.05, 4.69) is 5.32 Å². The monoisotopic (exact) mass is 203 g/mol. The first kappa shape index (κ1) is 10.9. The Kier molecular flexibility index (Phi) is 5.23. The van der Waals surface area contributed by atoms with E-state index in [1.165, 1.54) is 12.8 Å². The van der Waals surface area contributed by atoms with E-state index in [0.29, 0.717) is 13.2 Å². The van der Waals surface area contributed by atoms with Crippen LogP contribution in [0.5, 0.6) is 0 Å². The first-order valence-electron chi connectivity index (χ1n) is 4.73. The Labute approximate surface area is 83.6 Å². The molecule has 1 rings (SSSR count). The summed E-state index contributed by atoms with van der Waals surface area (Å²) in [6, 6.07) is 0. The molecule has 1 heterocycles. The van der Waals surface area contributed by atoms with Crippen LogP contribution < -0.4 is 5.32 Å². The van der Waals surface area contributed by atoms with Gasteiger partial charge in [-0.25, -0.2) is 0 Å². The Balaban J connectivity index is 2.13. The lowest BCUT2D eigenvalue weighted by atomic mass is 10.2. The molecule has 13 heavy (non-hydrogen) atoms. The third kappa shape index (κ3) is 4.00. The van der Waals surface area contributed by atoms with E-state index < -0.39 is 0 Å². The van der Waals surface area contributed by atoms with Crippen LogP contribution in [0.1, 0.15) is 19.3 Å². The molecule has 0 radical (unpaired) electrons. The minimum absolute atomic E-state index is 0.182. The number of amides is 1. The maximum atomic E-state index is 11.5. The van der Waals surface area contributed by atoms with E-state index >= 15 is 0 Å². The predicted molar refractivity (Wildman–Crippen MR) is 55.0 cm³/mol. The molecule has 0 saturated carbocycles. The van der Waals surface area contributed by atoms with Gasteiger partial charge in [-0.2, -0.15) is 0 Å². The smallest absolute Gasteiger partial charge is 0.233 e. The van der Waals surface area contributed by atoms with Gasteiger partial charge in [0.2, 0.25) is 5.91 Å². The molecule has 0 aromatic heterocycles. The van der Waals surface area contributed by atoms with Crippen molar-refractivity contribution in [1.82, 2.24) is 5.32 Å². The van der Waals surface area contributed by atoms with E-state index in [-0.39, 0.29) is 11.2 Å². The van der Waals surface area contributed by atoms with Crippen LogP contribution in [-0.4, -0.2) is 37.2 Å². The molecule has 76 valence electrons. The number of carbonyl (C=O) groups is 1. The first-order valence-corrected chi connectivity index (χ1v) is 5.77. The van der Waals surface area contributed by atoms with Gasteiger partial charge in [-0.15, -0.1) is 11.8 Å². The van der Waals surface area contributed by atoms with Gasteiger partial charge in [0.05, 0.1) is 11.9 Å². The molecule has 0 bridgehead atoms. The molecule has 1 amide bonds. The topological polar surface area (TPSA) is 38.3 Å². The standard InChI is InChI=1S/C9H17NO2S/c1-12-6-5-10-9(11)8-4-2-3-7-13-8/h8H,2-7H2,1H3,(H,10,11). The minimum Gasteiger partial charge on any atom is -0.383 e. The Morgan fingerprint density at radius 3 is 3.08 bits per heavy atom. The Hall–Kier alpha value is -0.220. The summed E-state index contributed by atoms with van der Waals surface area (Å²) in [6.07, 6.45) is 3.48. The maximum Gasteiger partial charge on any atom is 0.233 e. The molecule has 3 nitrogen and oxygen atoms in total. The van der Waals surface area contributed by atoms with E-state index in [1.54, 1.807) is 18.9 Å². The van der Waals surface area contributed by atoms with Crippen LogP contribution in [0, 0.1) is 0 Å². The highest BCUT2D eigenvalue weighted by atomic mass is 32.2. The first-order chi connectivity index (χ1) is 6.34. The van der Waals surface area contributed by atoms with Gasteiger partial charge in [-0.3, -0.25) is 4.79 Å². The number of thioether (sulfide) groups is 1. The number of ether oxygens (including phenoxy) is 1. The summed E-state index contributed by atoms with van der Waals surface area (Å²) < 4.78 is 4.86. The van der Waals surface area contributed by atoms with Gasteiger partial charge < -0.3 is 10.1 Å². The number of rotatable bonds is 4. The molecule has 1 saturated heterocycles. The normalized spacial score (nSPS) is 22.7. The van der Waals surface area contributed by atoms with Crippen molar-refractivity contribution in [2.24, 2.45) is 0 Å². The van der Waals surface area contributed by atoms with Crippen LogP contribution >= 0.6 is 11.8 Å². The van der Waals surface area contributed by atoms with Crippen molar-refractivity contribution in [3.05, 3.63) is 0 Å². The third-order valence-electron chi connectivity index (χ3n) is 2.08. The molecule has 0 spiro atoms. The van der Waals surface area contributed by atoms with Gasteiger partial charge in [0.15, 0.2) is 0 Å². The summed E-state index contributed by atoms with van der Waals surface area (Å²) in [4.78, 5) is 11.5. The number of methoxy groups -OCH3 is 1. The average molecular weight is 203 g/mol. The van der Waals surface area contributed by atoms with Crippen molar-refractivity contribution in [2.75, 3.05) is 26.0 Å². The molecule has 0 aromatic rings. The molecule has 0 aromatic carbocycles. The van der Waals surface area contributed by atoms with E-state index in [4.69, 9.17) is 4.74 Å². The van der Waals surface area contributed by atoms with Gasteiger partial charge in [0, 0.05) is 13.7 Å². The van der Waals surface area contributed by atoms with E-state index in [9.17, 15) is 4.79 Å². The summed E-state index contributed by atoms with van der Waals surface area (Å²) in [5, 5.41) is 3.05. The Bertz CT molecular complexity index is 158. The minimum atomic E-state index is 0.182. The van der Waals surface area contributed by atoms with Crippen molar-refractivity contribution >= 4 is 17.7 Å². The number of carbonyl (C=O) groups excluding carboxylic acids is 1. The zero-order valence-electron chi connectivity index (χ0n) is 8.04. The van der Waals surface area contributed by atoms with Gasteiger partial charge >= 0.3 is 0 Å². The fraction of sp³-hybridized carbons (Fsp3) is 0.889. The highest BCUT2D eigenvalue weighted by Gasteiger charge is 2.20. The summed E-state index contributed by atoms with van der Waals surface area (Å²) in [5.74, 6) is 1.31. The fourth-order valence-electron chi connectivity index (χ4n) is 1.34. The molecule has 1 N–H and O–H groups in total. The van der Waals surface area contributed by atoms with E-state index in [1.807, 2.05) is 0 Å². The lowest BCUT2D eigenvalue weighted by Gasteiger charge is -2.20. The molecule has 4 heteroatoms. The molecule has 1 fully saturated rings. The second-order valence-electron chi connectivity index (χ2n) is 3.14. The maximum absolute atomic E-state index is 11.5. The van der Waals surface area contributed by atoms with Gasteiger partial charge in [0.1, 0.15) is 0 Å². The van der Waals surface area contributed by atoms with Gasteiger partial charge in [-0.1, -0.05) is 6.42 Å². The van der Waals surface area contributed by atoms with Crippen molar-refractivity contribution < 1.29 is 9.53 Å². The van der Waals surface area contributed by atoms with Crippen molar-refractivity contribution in [1.29, 1.82) is 0 Å². The van der Waals surface area contributed by atoms with Gasteiger partial charge in [0.25, 0.3) is 0 Å². The molecular formula is C9H17NO2S. The summed E-state index contributed by atoms with van der Waals surface area (Å²) in [7, 11) is 1.64. The molecule has 1 aliphatic rings. The van der Waals surface area contributed by atoms with Crippen molar-refractivity contribution in [3.63, 3.8) is 0 Å². The zero-order chi connectivity index (χ0) is 9.52. The van der Waals surface area contributed by atoms with Crippen LogP contribution in [0.3, 0.4) is 0 Å². The summed E-state index contributed by atoms with van der Waals surface area (Å²) >= 11 is 1.78. The Morgan fingerprint density at radius 2 is 2.46 bits per heavy atom. The van der Waals surface area contributed by atoms with E-state index in [0.717, 1.165) is 12.2 Å². The highest BCUT2D eigenvalue weighted by molar-refractivity contribution is 8.00. The van der Waals surface area contributed by atoms with Crippen LogP contribution in [-0.2, 0) is 9.53 Å². The van der Waals surface area contributed by atoms with Crippen LogP contribution in [0.4, 0.5) is 0 Å². The Morgan fingerprint density at radius 1 is 1.62 bits per heavy atom. The van der Waals surface area contributed by atoms with Gasteiger partial charge in [-0.05, 0) is 18.6 Å². The molecule has 1 unspecified atom stereocenters. The fourth-order valence-corrected chi connectivity index (χ4v) is 2.56. The summed E-state index contributed by atoms with van der Waals surface area (Å²) in [6.45, 7) is 1.23. The number of hydrogen-bond donors (Lipinski definition) is 1. The quantitative estimate of drug-likeness (QED) is 0.694. The third-order valence-corrected chi connectivity index (χ3v) is 3.45. The lowest BCUT2D eigenvalue weighted by Crippen LogP contribution is -2.35. The number of hydrogen-bond acceptors (Lipinski definition) is 3. The molecule has 1 atom stereocenters. The highest BCUT2D eigenvalue weighted by Crippen LogP contribution is 2.24. The average Bonchev–Trinajstić information content (AvgIpc) is 2.19. The second kappa shape index (κ2) is 6.27. The predicted octanol–water partition coefficient (Wildman–Crippen LogP) is 1.03. The molecule has 0 aliphatic carbocycles. The summed E-state index contributed by atoms with van der Waals surface area (Å²) in [5.41, 5.74) is 0. The van der Waals surface area contributed by atoms with Crippen molar-refractivity contribution in [2.45, 2.75) is 24.5 Å². The molecular weight excluding hydrogens is 186 g/mol. The van der Waals surface area contributed by atoms with Crippen LogP contribution in [0.25, 0.3) is 0 Å². The van der Waals surface area contributed by atoms with Crippen LogP contribution in [0.15, 0.2) is 0 Å². The number of nitrogens with one attached hydrogen (secondary N) is 1.